The number of halogens is 1. The number of benzene rings is 2. The van der Waals surface area contributed by atoms with Gasteiger partial charge < -0.3 is 10.2 Å². The lowest BCUT2D eigenvalue weighted by molar-refractivity contribution is 0.104. The highest BCUT2D eigenvalue weighted by Crippen LogP contribution is 2.27. The zero-order valence-corrected chi connectivity index (χ0v) is 11.6. The van der Waals surface area contributed by atoms with Crippen molar-refractivity contribution >= 4 is 23.1 Å². The van der Waals surface area contributed by atoms with Gasteiger partial charge in [-0.1, -0.05) is 35.9 Å². The van der Waals surface area contributed by atoms with Crippen LogP contribution in [0, 0.1) is 6.92 Å². The fourth-order valence-electron chi connectivity index (χ4n) is 1.85. The van der Waals surface area contributed by atoms with E-state index < -0.39 is 0 Å². The minimum atomic E-state index is -0.324. The second kappa shape index (κ2) is 5.80. The van der Waals surface area contributed by atoms with Gasteiger partial charge in [0.15, 0.2) is 5.78 Å². The van der Waals surface area contributed by atoms with Gasteiger partial charge in [0.05, 0.1) is 5.56 Å². The molecule has 2 N–H and O–H groups in total. The van der Waals surface area contributed by atoms with Crippen molar-refractivity contribution in [1.29, 1.82) is 0 Å². The van der Waals surface area contributed by atoms with E-state index in [1.54, 1.807) is 12.1 Å². The number of aromatic hydroxyl groups is 1. The Balaban J connectivity index is 2.35. The summed E-state index contributed by atoms with van der Waals surface area (Å²) in [7, 11) is 0. The molecule has 0 spiro atoms. The lowest BCUT2D eigenvalue weighted by Crippen LogP contribution is -1.99. The van der Waals surface area contributed by atoms with Crippen LogP contribution < -0.4 is 0 Å². The molecule has 4 heteroatoms. The first-order chi connectivity index (χ1) is 9.49. The first kappa shape index (κ1) is 14.2. The van der Waals surface area contributed by atoms with Crippen molar-refractivity contribution in [1.82, 2.24) is 0 Å². The number of carbonyl (C=O) groups excluding carboxylic acids is 1. The van der Waals surface area contributed by atoms with Gasteiger partial charge in [0.25, 0.3) is 0 Å². The first-order valence-corrected chi connectivity index (χ1v) is 6.36. The summed E-state index contributed by atoms with van der Waals surface area (Å²) in [5, 5.41) is 20.0. The number of aryl methyl sites for hydroxylation is 1. The van der Waals surface area contributed by atoms with Crippen molar-refractivity contribution in [2.75, 3.05) is 0 Å². The van der Waals surface area contributed by atoms with Gasteiger partial charge in [-0.05, 0) is 30.7 Å². The number of aliphatic hydroxyl groups excluding tert-OH is 1. The first-order valence-electron chi connectivity index (χ1n) is 5.98. The van der Waals surface area contributed by atoms with Gasteiger partial charge in [-0.2, -0.15) is 0 Å². The molecule has 3 nitrogen and oxygen atoms in total. The fourth-order valence-corrected chi connectivity index (χ4v) is 2.02. The summed E-state index contributed by atoms with van der Waals surface area (Å²) in [6.45, 7) is 1.82. The molecule has 0 radical (unpaired) electrons. The number of carbonyl (C=O) groups is 1. The monoisotopic (exact) mass is 288 g/mol. The topological polar surface area (TPSA) is 57.5 Å². The normalized spacial score (nSPS) is 11.4. The van der Waals surface area contributed by atoms with Crippen LogP contribution in [0.3, 0.4) is 0 Å². The highest BCUT2D eigenvalue weighted by atomic mass is 35.5. The van der Waals surface area contributed by atoms with Gasteiger partial charge in [0, 0.05) is 16.7 Å². The molecule has 0 atom stereocenters. The van der Waals surface area contributed by atoms with Crippen LogP contribution in [0.15, 0.2) is 48.5 Å². The number of hydrogen-bond acceptors (Lipinski definition) is 3. The van der Waals surface area contributed by atoms with Crippen LogP contribution in [0.1, 0.15) is 21.5 Å². The summed E-state index contributed by atoms with van der Waals surface area (Å²) < 4.78 is 0. The van der Waals surface area contributed by atoms with Crippen LogP contribution in [0.5, 0.6) is 5.75 Å². The van der Waals surface area contributed by atoms with E-state index in [2.05, 4.69) is 0 Å². The number of aliphatic hydroxyl groups is 1. The lowest BCUT2D eigenvalue weighted by Gasteiger charge is -2.05. The van der Waals surface area contributed by atoms with Crippen LogP contribution in [-0.4, -0.2) is 16.0 Å². The van der Waals surface area contributed by atoms with E-state index >= 15 is 0 Å². The van der Waals surface area contributed by atoms with Crippen molar-refractivity contribution in [2.45, 2.75) is 6.92 Å². The minimum Gasteiger partial charge on any atom is -0.507 e. The predicted octanol–water partition coefficient (Wildman–Crippen LogP) is 4.14. The molecule has 2 aromatic rings. The Morgan fingerprint density at radius 1 is 1.15 bits per heavy atom. The highest BCUT2D eigenvalue weighted by molar-refractivity contribution is 6.30. The third kappa shape index (κ3) is 3.00. The summed E-state index contributed by atoms with van der Waals surface area (Å²) in [4.78, 5) is 12.1. The molecule has 0 unspecified atom stereocenters. The molecule has 0 saturated carbocycles. The molecule has 2 rings (SSSR count). The average Bonchev–Trinajstić information content (AvgIpc) is 2.38. The smallest absolute Gasteiger partial charge is 0.189 e. The standard InChI is InChI=1S/C16H13ClO3/c1-10-4-2-3-5-12(10)15(19)9-16(20)13-7-6-11(17)8-14(13)18/h2-9,18,20H,1H3. The molecule has 2 aromatic carbocycles. The second-order valence-electron chi connectivity index (χ2n) is 4.37. The van der Waals surface area contributed by atoms with E-state index in [9.17, 15) is 15.0 Å². The van der Waals surface area contributed by atoms with E-state index in [-0.39, 0.29) is 22.9 Å². The number of rotatable bonds is 3. The molecule has 0 amide bonds. The summed E-state index contributed by atoms with van der Waals surface area (Å²) in [5.74, 6) is -0.800. The third-order valence-electron chi connectivity index (χ3n) is 2.91. The Morgan fingerprint density at radius 3 is 2.50 bits per heavy atom. The van der Waals surface area contributed by atoms with Crippen LogP contribution in [0.4, 0.5) is 0 Å². The van der Waals surface area contributed by atoms with Crippen LogP contribution in [0.2, 0.25) is 5.02 Å². The Labute approximate surface area is 121 Å². The molecule has 0 saturated heterocycles. The second-order valence-corrected chi connectivity index (χ2v) is 4.81. The quantitative estimate of drug-likeness (QED) is 0.507. The zero-order chi connectivity index (χ0) is 14.7. The maximum absolute atomic E-state index is 12.1. The maximum atomic E-state index is 12.1. The molecule has 0 fully saturated rings. The van der Waals surface area contributed by atoms with Gasteiger partial charge in [-0.3, -0.25) is 4.79 Å². The third-order valence-corrected chi connectivity index (χ3v) is 3.15. The van der Waals surface area contributed by atoms with Crippen molar-refractivity contribution < 1.29 is 15.0 Å². The van der Waals surface area contributed by atoms with Gasteiger partial charge in [-0.15, -0.1) is 0 Å². The number of hydrogen-bond donors (Lipinski definition) is 2. The molecule has 20 heavy (non-hydrogen) atoms. The van der Waals surface area contributed by atoms with Crippen molar-refractivity contribution in [3.05, 3.63) is 70.3 Å². The fraction of sp³-hybridized carbons (Fsp3) is 0.0625. The maximum Gasteiger partial charge on any atom is 0.189 e. The van der Waals surface area contributed by atoms with Crippen molar-refractivity contribution in [3.63, 3.8) is 0 Å². The van der Waals surface area contributed by atoms with Crippen molar-refractivity contribution in [3.8, 4) is 5.75 Å². The minimum absolute atomic E-state index is 0.163. The molecule has 0 aliphatic carbocycles. The van der Waals surface area contributed by atoms with Gasteiger partial charge >= 0.3 is 0 Å². The van der Waals surface area contributed by atoms with Crippen LogP contribution in [0.25, 0.3) is 5.76 Å². The van der Waals surface area contributed by atoms with E-state index in [1.807, 2.05) is 19.1 Å². The van der Waals surface area contributed by atoms with Crippen molar-refractivity contribution in [2.24, 2.45) is 0 Å². The Bertz CT molecular complexity index is 690. The van der Waals surface area contributed by atoms with E-state index in [4.69, 9.17) is 11.6 Å². The molecule has 0 bridgehead atoms. The average molecular weight is 289 g/mol. The zero-order valence-electron chi connectivity index (χ0n) is 10.8. The predicted molar refractivity (Wildman–Crippen MR) is 79.2 cm³/mol. The number of phenols is 1. The molecular weight excluding hydrogens is 276 g/mol. The summed E-state index contributed by atoms with van der Waals surface area (Å²) in [6.07, 6.45) is 1.09. The van der Waals surface area contributed by atoms with Crippen LogP contribution >= 0.6 is 11.6 Å². The molecule has 0 aromatic heterocycles. The largest absolute Gasteiger partial charge is 0.507 e. The molecule has 102 valence electrons. The molecule has 0 aliphatic heterocycles. The van der Waals surface area contributed by atoms with E-state index in [0.717, 1.165) is 11.6 Å². The Hall–Kier alpha value is -2.26. The molecule has 0 aliphatic rings. The van der Waals surface area contributed by atoms with Gasteiger partial charge in [0.1, 0.15) is 11.5 Å². The highest BCUT2D eigenvalue weighted by Gasteiger charge is 2.11. The SMILES string of the molecule is Cc1ccccc1C(=O)C=C(O)c1ccc(Cl)cc1O. The van der Waals surface area contributed by atoms with E-state index in [1.165, 1.54) is 18.2 Å². The van der Waals surface area contributed by atoms with E-state index in [0.29, 0.717) is 10.6 Å². The summed E-state index contributed by atoms with van der Waals surface area (Å²) in [6, 6.07) is 11.4. The van der Waals surface area contributed by atoms with Gasteiger partial charge in [0.2, 0.25) is 0 Å². The Kier molecular flexibility index (Phi) is 4.11. The number of ketones is 1. The lowest BCUT2D eigenvalue weighted by atomic mass is 10.0. The molecule has 0 heterocycles. The molecular formula is C16H13ClO3. The number of allylic oxidation sites excluding steroid dienone is 1. The number of phenolic OH excluding ortho intramolecular Hbond substituents is 1. The summed E-state index contributed by atoms with van der Waals surface area (Å²) in [5.41, 5.74) is 1.49. The summed E-state index contributed by atoms with van der Waals surface area (Å²) >= 11 is 5.72. The Morgan fingerprint density at radius 2 is 1.85 bits per heavy atom. The van der Waals surface area contributed by atoms with Gasteiger partial charge in [-0.25, -0.2) is 0 Å². The van der Waals surface area contributed by atoms with Crippen LogP contribution in [-0.2, 0) is 0 Å².